The number of ether oxygens (including phenoxy) is 1. The quantitative estimate of drug-likeness (QED) is 0.623. The Hall–Kier alpha value is -2.96. The number of quaternary nitrogens is 1. The fraction of sp³-hybridized carbons (Fsp3) is 0.360. The van der Waals surface area contributed by atoms with Crippen LogP contribution in [0.1, 0.15) is 34.8 Å². The van der Waals surface area contributed by atoms with Crippen molar-refractivity contribution in [3.8, 4) is 0 Å². The first-order valence-electron chi connectivity index (χ1n) is 11.1. The Morgan fingerprint density at radius 1 is 1.03 bits per heavy atom. The number of nitrogens with zero attached hydrogens (tertiary/aromatic N) is 1. The molecular weight excluding hydrogens is 390 g/mol. The molecule has 3 heterocycles. The molecule has 2 aromatic carbocycles. The van der Waals surface area contributed by atoms with Crippen LogP contribution in [0.25, 0.3) is 10.9 Å². The summed E-state index contributed by atoms with van der Waals surface area (Å²) < 4.78 is 5.58. The number of carbonyl (C=O) groups is 2. The first-order chi connectivity index (χ1) is 15.2. The van der Waals surface area contributed by atoms with Gasteiger partial charge in [-0.3, -0.25) is 9.59 Å². The maximum Gasteiger partial charge on any atom is 0.252 e. The number of para-hydroxylation sites is 1. The Morgan fingerprint density at radius 3 is 2.52 bits per heavy atom. The van der Waals surface area contributed by atoms with Crippen molar-refractivity contribution in [2.24, 2.45) is 0 Å². The maximum atomic E-state index is 13.8. The van der Waals surface area contributed by atoms with Gasteiger partial charge < -0.3 is 19.5 Å². The summed E-state index contributed by atoms with van der Waals surface area (Å²) in [5.74, 6) is 0.230. The minimum Gasteiger partial charge on any atom is -0.368 e. The number of piperazine rings is 1. The fourth-order valence-electron chi connectivity index (χ4n) is 4.93. The molecule has 2 aliphatic heterocycles. The van der Waals surface area contributed by atoms with Crippen molar-refractivity contribution >= 4 is 22.6 Å². The lowest BCUT2D eigenvalue weighted by atomic mass is 9.95. The molecule has 0 unspecified atom stereocenters. The summed E-state index contributed by atoms with van der Waals surface area (Å²) in [6.45, 7) is 3.46. The summed E-state index contributed by atoms with van der Waals surface area (Å²) in [5, 5.41) is 0.958. The van der Waals surface area contributed by atoms with Gasteiger partial charge in [-0.25, -0.2) is 0 Å². The van der Waals surface area contributed by atoms with Gasteiger partial charge in [-0.1, -0.05) is 48.5 Å². The molecule has 2 saturated heterocycles. The number of H-pyrrole nitrogens is 1. The third-order valence-electron chi connectivity index (χ3n) is 6.58. The molecule has 6 heteroatoms. The zero-order chi connectivity index (χ0) is 21.2. The molecule has 5 rings (SSSR count). The predicted molar refractivity (Wildman–Crippen MR) is 118 cm³/mol. The standard InChI is InChI=1S/C25H27N3O3/c29-24(20-17-26-21-10-5-4-9-19(20)21)23(18-7-2-1-3-8-18)27-12-14-28(15-13-27)25(30)22-11-6-16-31-22/h1-5,7-10,17,22-23,26H,6,11-16H2/p+1/t22-,23-/m0/s1. The average Bonchev–Trinajstić information content (AvgIpc) is 3.50. The van der Waals surface area contributed by atoms with Crippen molar-refractivity contribution in [3.05, 3.63) is 71.9 Å². The van der Waals surface area contributed by atoms with Crippen LogP contribution in [0.3, 0.4) is 0 Å². The highest BCUT2D eigenvalue weighted by molar-refractivity contribution is 6.10. The van der Waals surface area contributed by atoms with Crippen LogP contribution in [0.2, 0.25) is 0 Å². The van der Waals surface area contributed by atoms with E-state index in [0.717, 1.165) is 48.0 Å². The van der Waals surface area contributed by atoms with E-state index >= 15 is 0 Å². The molecule has 0 radical (unpaired) electrons. The molecule has 0 saturated carbocycles. The summed E-state index contributed by atoms with van der Waals surface area (Å²) in [5.41, 5.74) is 2.72. The van der Waals surface area contributed by atoms with Gasteiger partial charge in [-0.15, -0.1) is 0 Å². The van der Waals surface area contributed by atoms with Gasteiger partial charge >= 0.3 is 0 Å². The van der Waals surface area contributed by atoms with Gasteiger partial charge in [-0.05, 0) is 18.9 Å². The van der Waals surface area contributed by atoms with Crippen molar-refractivity contribution in [3.63, 3.8) is 0 Å². The Bertz CT molecular complexity index is 1060. The minimum absolute atomic E-state index is 0.107. The van der Waals surface area contributed by atoms with Crippen LogP contribution in [0, 0.1) is 0 Å². The van der Waals surface area contributed by atoms with Crippen LogP contribution in [0.15, 0.2) is 60.8 Å². The number of benzene rings is 2. The largest absolute Gasteiger partial charge is 0.368 e. The number of fused-ring (bicyclic) bond motifs is 1. The Kier molecular flexibility index (Phi) is 5.57. The number of nitrogens with one attached hydrogen (secondary N) is 2. The molecule has 6 nitrogen and oxygen atoms in total. The molecule has 31 heavy (non-hydrogen) atoms. The third-order valence-corrected chi connectivity index (χ3v) is 6.58. The minimum atomic E-state index is -0.291. The number of ketones is 1. The predicted octanol–water partition coefficient (Wildman–Crippen LogP) is 2.00. The lowest BCUT2D eigenvalue weighted by molar-refractivity contribution is -0.925. The van der Waals surface area contributed by atoms with Gasteiger partial charge in [0.25, 0.3) is 5.91 Å². The molecule has 0 spiro atoms. The SMILES string of the molecule is O=C(c1c[nH]c2ccccc12)[C@H](c1ccccc1)[NH+]1CCN(C(=O)[C@@H]2CCCO2)CC1. The normalized spacial score (nSPS) is 20.8. The summed E-state index contributed by atoms with van der Waals surface area (Å²) in [4.78, 5) is 32.9. The summed E-state index contributed by atoms with van der Waals surface area (Å²) >= 11 is 0. The van der Waals surface area contributed by atoms with Crippen LogP contribution >= 0.6 is 0 Å². The van der Waals surface area contributed by atoms with Crippen molar-refractivity contribution in [2.45, 2.75) is 25.0 Å². The number of hydrogen-bond acceptors (Lipinski definition) is 3. The maximum absolute atomic E-state index is 13.8. The summed E-state index contributed by atoms with van der Waals surface area (Å²) in [6, 6.07) is 17.7. The van der Waals surface area contributed by atoms with E-state index in [1.165, 1.54) is 4.90 Å². The van der Waals surface area contributed by atoms with E-state index in [2.05, 4.69) is 4.98 Å². The van der Waals surface area contributed by atoms with E-state index in [1.54, 1.807) is 0 Å². The molecule has 2 N–H and O–H groups in total. The Labute approximate surface area is 181 Å². The van der Waals surface area contributed by atoms with Crippen molar-refractivity contribution in [1.29, 1.82) is 0 Å². The molecule has 1 amide bonds. The van der Waals surface area contributed by atoms with E-state index < -0.39 is 0 Å². The molecule has 3 aromatic rings. The highest BCUT2D eigenvalue weighted by atomic mass is 16.5. The first-order valence-corrected chi connectivity index (χ1v) is 11.1. The highest BCUT2D eigenvalue weighted by Crippen LogP contribution is 2.24. The lowest BCUT2D eigenvalue weighted by Gasteiger charge is -2.36. The third kappa shape index (κ3) is 3.89. The second-order valence-electron chi connectivity index (χ2n) is 8.44. The molecule has 1 aromatic heterocycles. The van der Waals surface area contributed by atoms with E-state index in [4.69, 9.17) is 4.74 Å². The number of rotatable bonds is 5. The van der Waals surface area contributed by atoms with Gasteiger partial charge in [0.2, 0.25) is 5.78 Å². The fourth-order valence-corrected chi connectivity index (χ4v) is 4.93. The van der Waals surface area contributed by atoms with E-state index in [-0.39, 0.29) is 23.8 Å². The lowest BCUT2D eigenvalue weighted by Crippen LogP contribution is -3.15. The average molecular weight is 419 g/mol. The number of carbonyl (C=O) groups excluding carboxylic acids is 2. The number of hydrogen-bond donors (Lipinski definition) is 2. The second-order valence-corrected chi connectivity index (χ2v) is 8.44. The van der Waals surface area contributed by atoms with E-state index in [9.17, 15) is 9.59 Å². The molecule has 160 valence electrons. The summed E-state index contributed by atoms with van der Waals surface area (Å²) in [6.07, 6.45) is 3.33. The number of aromatic amines is 1. The van der Waals surface area contributed by atoms with Crippen LogP contribution in [0.4, 0.5) is 0 Å². The smallest absolute Gasteiger partial charge is 0.252 e. The van der Waals surface area contributed by atoms with Crippen LogP contribution in [0.5, 0.6) is 0 Å². The molecule has 0 bridgehead atoms. The van der Waals surface area contributed by atoms with Crippen LogP contribution in [-0.4, -0.2) is 60.5 Å². The molecule has 2 atom stereocenters. The van der Waals surface area contributed by atoms with Gasteiger partial charge in [0.05, 0.1) is 26.2 Å². The van der Waals surface area contributed by atoms with Crippen molar-refractivity contribution in [2.75, 3.05) is 32.8 Å². The topological polar surface area (TPSA) is 66.8 Å². The first kappa shape index (κ1) is 20.0. The van der Waals surface area contributed by atoms with Gasteiger partial charge in [0.1, 0.15) is 6.10 Å². The van der Waals surface area contributed by atoms with Gasteiger partial charge in [-0.2, -0.15) is 0 Å². The summed E-state index contributed by atoms with van der Waals surface area (Å²) in [7, 11) is 0. The Morgan fingerprint density at radius 2 is 1.77 bits per heavy atom. The molecule has 0 aliphatic carbocycles. The zero-order valence-electron chi connectivity index (χ0n) is 17.5. The molecule has 2 aliphatic rings. The second kappa shape index (κ2) is 8.65. The Balaban J connectivity index is 1.39. The van der Waals surface area contributed by atoms with Crippen LogP contribution in [-0.2, 0) is 9.53 Å². The molecular formula is C25H28N3O3+. The zero-order valence-corrected chi connectivity index (χ0v) is 17.5. The van der Waals surface area contributed by atoms with Crippen LogP contribution < -0.4 is 4.90 Å². The molecule has 2 fully saturated rings. The van der Waals surface area contributed by atoms with E-state index in [0.29, 0.717) is 19.7 Å². The monoisotopic (exact) mass is 418 g/mol. The van der Waals surface area contributed by atoms with Gasteiger partial charge in [0.15, 0.2) is 6.04 Å². The van der Waals surface area contributed by atoms with E-state index in [1.807, 2.05) is 65.7 Å². The highest BCUT2D eigenvalue weighted by Gasteiger charge is 2.38. The number of aromatic nitrogens is 1. The number of amides is 1. The van der Waals surface area contributed by atoms with Crippen molar-refractivity contribution < 1.29 is 19.2 Å². The van der Waals surface area contributed by atoms with Gasteiger partial charge in [0, 0.05) is 34.8 Å². The van der Waals surface area contributed by atoms with Crippen molar-refractivity contribution in [1.82, 2.24) is 9.88 Å². The number of Topliss-reactive ketones (excluding diaryl/α,β-unsaturated/α-hetero) is 1.